The molecule has 120 valence electrons. The highest BCUT2D eigenvalue weighted by atomic mass is 16.2. The molecule has 0 unspecified atom stereocenters. The van der Waals surface area contributed by atoms with Crippen LogP contribution in [0, 0.1) is 13.8 Å². The molecule has 1 fully saturated rings. The summed E-state index contributed by atoms with van der Waals surface area (Å²) in [5, 5.41) is 6.15. The van der Waals surface area contributed by atoms with E-state index in [2.05, 4.69) is 20.6 Å². The molecule has 1 saturated carbocycles. The van der Waals surface area contributed by atoms with Gasteiger partial charge in [-0.05, 0) is 49.9 Å². The molecule has 1 aliphatic rings. The van der Waals surface area contributed by atoms with Crippen LogP contribution in [0.15, 0.2) is 23.0 Å². The average molecular weight is 313 g/mol. The lowest BCUT2D eigenvalue weighted by Gasteiger charge is -2.12. The molecule has 1 heterocycles. The summed E-state index contributed by atoms with van der Waals surface area (Å²) in [5.41, 5.74) is 7.48. The Morgan fingerprint density at radius 3 is 2.48 bits per heavy atom. The number of nitrogens with two attached hydrogens (primary N) is 1. The van der Waals surface area contributed by atoms with E-state index in [4.69, 9.17) is 5.73 Å². The number of hydrogen-bond acceptors (Lipinski definition) is 5. The fourth-order valence-corrected chi connectivity index (χ4v) is 2.47. The fraction of sp³-hybridized carbons (Fsp3) is 0.312. The molecule has 3 rings (SSSR count). The van der Waals surface area contributed by atoms with E-state index in [1.165, 1.54) is 0 Å². The van der Waals surface area contributed by atoms with Gasteiger partial charge in [0.2, 0.25) is 5.95 Å². The van der Waals surface area contributed by atoms with E-state index in [1.54, 1.807) is 0 Å². The molecule has 1 aromatic carbocycles. The van der Waals surface area contributed by atoms with Crippen LogP contribution in [0.25, 0.3) is 0 Å². The Bertz CT molecular complexity index is 803. The number of rotatable bonds is 5. The van der Waals surface area contributed by atoms with E-state index in [0.29, 0.717) is 12.0 Å². The SMILES string of the molecule is Cc1cc(C)cc(Nc2nc(NC3CC3)[nH]c(=O)c2C(N)=O)c1. The second-order valence-corrected chi connectivity index (χ2v) is 5.92. The number of carbonyl (C=O) groups is 1. The Balaban J connectivity index is 2.01. The molecule has 0 saturated heterocycles. The third-order valence-electron chi connectivity index (χ3n) is 3.57. The fourth-order valence-electron chi connectivity index (χ4n) is 2.47. The highest BCUT2D eigenvalue weighted by molar-refractivity contribution is 5.98. The number of H-pyrrole nitrogens is 1. The smallest absolute Gasteiger partial charge is 0.267 e. The van der Waals surface area contributed by atoms with Gasteiger partial charge in [-0.1, -0.05) is 6.07 Å². The number of aromatic amines is 1. The van der Waals surface area contributed by atoms with Crippen LogP contribution in [0.3, 0.4) is 0 Å². The normalized spacial score (nSPS) is 13.7. The van der Waals surface area contributed by atoms with Gasteiger partial charge in [-0.15, -0.1) is 0 Å². The number of carbonyl (C=O) groups excluding carboxylic acids is 1. The molecule has 0 bridgehead atoms. The number of amides is 1. The molecule has 0 aliphatic heterocycles. The van der Waals surface area contributed by atoms with Crippen LogP contribution in [-0.4, -0.2) is 21.9 Å². The third-order valence-corrected chi connectivity index (χ3v) is 3.57. The van der Waals surface area contributed by atoms with Gasteiger partial charge in [0.1, 0.15) is 5.56 Å². The van der Waals surface area contributed by atoms with Crippen LogP contribution in [0.5, 0.6) is 0 Å². The van der Waals surface area contributed by atoms with Gasteiger partial charge in [0.15, 0.2) is 5.82 Å². The third kappa shape index (κ3) is 3.50. The van der Waals surface area contributed by atoms with Gasteiger partial charge in [-0.25, -0.2) is 0 Å². The zero-order chi connectivity index (χ0) is 16.6. The molecule has 1 aliphatic carbocycles. The number of nitrogens with zero attached hydrogens (tertiary/aromatic N) is 1. The molecule has 0 atom stereocenters. The van der Waals surface area contributed by atoms with Crippen molar-refractivity contribution in [2.24, 2.45) is 5.73 Å². The van der Waals surface area contributed by atoms with Gasteiger partial charge in [0.25, 0.3) is 11.5 Å². The Morgan fingerprint density at radius 1 is 1.26 bits per heavy atom. The second-order valence-electron chi connectivity index (χ2n) is 5.92. The van der Waals surface area contributed by atoms with Crippen molar-refractivity contribution >= 4 is 23.4 Å². The predicted molar refractivity (Wildman–Crippen MR) is 89.2 cm³/mol. The number of anilines is 3. The summed E-state index contributed by atoms with van der Waals surface area (Å²) in [4.78, 5) is 30.6. The lowest BCUT2D eigenvalue weighted by atomic mass is 10.1. The second kappa shape index (κ2) is 5.75. The molecule has 5 N–H and O–H groups in total. The van der Waals surface area contributed by atoms with E-state index < -0.39 is 11.5 Å². The Hall–Kier alpha value is -2.83. The van der Waals surface area contributed by atoms with Crippen molar-refractivity contribution in [3.8, 4) is 0 Å². The number of benzene rings is 1. The number of aromatic nitrogens is 2. The van der Waals surface area contributed by atoms with Gasteiger partial charge in [0.05, 0.1) is 0 Å². The van der Waals surface area contributed by atoms with Crippen molar-refractivity contribution in [2.75, 3.05) is 10.6 Å². The van der Waals surface area contributed by atoms with E-state index >= 15 is 0 Å². The van der Waals surface area contributed by atoms with Crippen LogP contribution in [0.1, 0.15) is 34.3 Å². The Kier molecular flexibility index (Phi) is 3.77. The first-order chi connectivity index (χ1) is 10.9. The van der Waals surface area contributed by atoms with Crippen LogP contribution >= 0.6 is 0 Å². The highest BCUT2D eigenvalue weighted by Crippen LogP contribution is 2.24. The summed E-state index contributed by atoms with van der Waals surface area (Å²) in [6.07, 6.45) is 2.09. The largest absolute Gasteiger partial charge is 0.365 e. The highest BCUT2D eigenvalue weighted by Gasteiger charge is 2.23. The van der Waals surface area contributed by atoms with Crippen molar-refractivity contribution < 1.29 is 4.79 Å². The standard InChI is InChI=1S/C16H19N5O2/c1-8-5-9(2)7-11(6-8)18-14-12(13(17)22)15(23)21-16(20-14)19-10-3-4-10/h5-7,10H,3-4H2,1-2H3,(H2,17,22)(H3,18,19,20,21,23). The van der Waals surface area contributed by atoms with Crippen molar-refractivity contribution in [1.82, 2.24) is 9.97 Å². The molecule has 1 aromatic heterocycles. The maximum atomic E-state index is 12.2. The van der Waals surface area contributed by atoms with E-state index in [9.17, 15) is 9.59 Å². The number of aryl methyl sites for hydroxylation is 2. The molecule has 0 spiro atoms. The molecular formula is C16H19N5O2. The maximum absolute atomic E-state index is 12.2. The first kappa shape index (κ1) is 15.1. The number of primary amides is 1. The maximum Gasteiger partial charge on any atom is 0.267 e. The molecule has 7 heteroatoms. The van der Waals surface area contributed by atoms with Crippen LogP contribution in [0.4, 0.5) is 17.5 Å². The summed E-state index contributed by atoms with van der Waals surface area (Å²) in [6.45, 7) is 3.94. The molecule has 23 heavy (non-hydrogen) atoms. The van der Waals surface area contributed by atoms with Gasteiger partial charge in [-0.2, -0.15) is 4.98 Å². The summed E-state index contributed by atoms with van der Waals surface area (Å²) in [5.74, 6) is -0.313. The van der Waals surface area contributed by atoms with Crippen molar-refractivity contribution in [3.63, 3.8) is 0 Å². The van der Waals surface area contributed by atoms with Crippen molar-refractivity contribution in [2.45, 2.75) is 32.7 Å². The van der Waals surface area contributed by atoms with E-state index in [0.717, 1.165) is 29.7 Å². The van der Waals surface area contributed by atoms with Gasteiger partial charge < -0.3 is 16.4 Å². The monoisotopic (exact) mass is 313 g/mol. The van der Waals surface area contributed by atoms with Gasteiger partial charge in [0, 0.05) is 11.7 Å². The first-order valence-corrected chi connectivity index (χ1v) is 7.48. The minimum Gasteiger partial charge on any atom is -0.365 e. The first-order valence-electron chi connectivity index (χ1n) is 7.48. The van der Waals surface area contributed by atoms with E-state index in [1.807, 2.05) is 32.0 Å². The molecule has 1 amide bonds. The Labute approximate surface area is 133 Å². The quantitative estimate of drug-likeness (QED) is 0.672. The minimum atomic E-state index is -0.816. The molecular weight excluding hydrogens is 294 g/mol. The summed E-state index contributed by atoms with van der Waals surface area (Å²) in [7, 11) is 0. The lowest BCUT2D eigenvalue weighted by Crippen LogP contribution is -2.27. The van der Waals surface area contributed by atoms with Crippen molar-refractivity contribution in [3.05, 3.63) is 45.2 Å². The minimum absolute atomic E-state index is 0.161. The Morgan fingerprint density at radius 2 is 1.91 bits per heavy atom. The average Bonchev–Trinajstić information content (AvgIpc) is 3.20. The summed E-state index contributed by atoms with van der Waals surface area (Å²) >= 11 is 0. The zero-order valence-electron chi connectivity index (χ0n) is 13.1. The topological polar surface area (TPSA) is 113 Å². The molecule has 0 radical (unpaired) electrons. The summed E-state index contributed by atoms with van der Waals surface area (Å²) in [6, 6.07) is 6.18. The number of nitrogens with one attached hydrogen (secondary N) is 3. The zero-order valence-corrected chi connectivity index (χ0v) is 13.1. The van der Waals surface area contributed by atoms with Crippen LogP contribution < -0.4 is 21.9 Å². The summed E-state index contributed by atoms with van der Waals surface area (Å²) < 4.78 is 0. The van der Waals surface area contributed by atoms with Gasteiger partial charge in [-0.3, -0.25) is 14.6 Å². The van der Waals surface area contributed by atoms with Crippen LogP contribution in [-0.2, 0) is 0 Å². The lowest BCUT2D eigenvalue weighted by molar-refractivity contribution is 0.0999. The van der Waals surface area contributed by atoms with Gasteiger partial charge >= 0.3 is 0 Å². The molecule has 7 nitrogen and oxygen atoms in total. The molecule has 2 aromatic rings. The number of hydrogen-bond donors (Lipinski definition) is 4. The van der Waals surface area contributed by atoms with E-state index in [-0.39, 0.29) is 11.4 Å². The predicted octanol–water partition coefficient (Wildman–Crippen LogP) is 1.80. The van der Waals surface area contributed by atoms with Crippen LogP contribution in [0.2, 0.25) is 0 Å². The van der Waals surface area contributed by atoms with Crippen molar-refractivity contribution in [1.29, 1.82) is 0 Å².